The number of carbonyl (C=O) groups is 1. The lowest BCUT2D eigenvalue weighted by atomic mass is 10.1. The minimum atomic E-state index is -0.188. The molecule has 1 heterocycles. The number of halogens is 1. The Kier molecular flexibility index (Phi) is 4.94. The number of hydrogen-bond acceptors (Lipinski definition) is 2. The van der Waals surface area contributed by atoms with E-state index in [2.05, 4.69) is 22.9 Å². The number of ether oxygens (including phenoxy) is 1. The maximum Gasteiger partial charge on any atom is 0.339 e. The van der Waals surface area contributed by atoms with Crippen LogP contribution in [0.3, 0.4) is 0 Å². The molecule has 1 aliphatic heterocycles. The first-order valence-electron chi connectivity index (χ1n) is 5.01. The van der Waals surface area contributed by atoms with Gasteiger partial charge in [0.1, 0.15) is 5.76 Å². The Morgan fingerprint density at radius 1 is 1.43 bits per heavy atom. The van der Waals surface area contributed by atoms with Gasteiger partial charge in [-0.3, -0.25) is 0 Å². The molecule has 0 atom stereocenters. The van der Waals surface area contributed by atoms with E-state index in [-0.39, 0.29) is 5.97 Å². The third-order valence-electron chi connectivity index (χ3n) is 2.20. The quantitative estimate of drug-likeness (QED) is 0.556. The zero-order chi connectivity index (χ0) is 10.4. The van der Waals surface area contributed by atoms with Crippen LogP contribution in [0.25, 0.3) is 0 Å². The van der Waals surface area contributed by atoms with Gasteiger partial charge in [0.2, 0.25) is 0 Å². The van der Waals surface area contributed by atoms with Crippen LogP contribution in [-0.4, -0.2) is 5.97 Å². The summed E-state index contributed by atoms with van der Waals surface area (Å²) < 4.78 is 4.96. The molecule has 3 heteroatoms. The number of rotatable bonds is 5. The lowest BCUT2D eigenvalue weighted by molar-refractivity contribution is -0.133. The standard InChI is InChI=1S/C11H15BrO2/c1-2-3-4-5-6-9-7-10(8-12)14-11(9)13/h7-8H,2-6H2,1H3. The van der Waals surface area contributed by atoms with Crippen molar-refractivity contribution in [3.8, 4) is 0 Å². The van der Waals surface area contributed by atoms with Crippen LogP contribution < -0.4 is 0 Å². The van der Waals surface area contributed by atoms with Gasteiger partial charge in [-0.2, -0.15) is 0 Å². The Morgan fingerprint density at radius 2 is 2.21 bits per heavy atom. The van der Waals surface area contributed by atoms with Gasteiger partial charge in [0.15, 0.2) is 0 Å². The van der Waals surface area contributed by atoms with E-state index < -0.39 is 0 Å². The van der Waals surface area contributed by atoms with Gasteiger partial charge < -0.3 is 4.74 Å². The van der Waals surface area contributed by atoms with E-state index in [1.54, 1.807) is 4.99 Å². The number of allylic oxidation sites excluding steroid dienone is 1. The molecule has 0 aromatic carbocycles. The average molecular weight is 259 g/mol. The van der Waals surface area contributed by atoms with Crippen molar-refractivity contribution in [3.63, 3.8) is 0 Å². The van der Waals surface area contributed by atoms with Gasteiger partial charge in [0.25, 0.3) is 0 Å². The van der Waals surface area contributed by atoms with Gasteiger partial charge in [-0.25, -0.2) is 4.79 Å². The summed E-state index contributed by atoms with van der Waals surface area (Å²) in [5.41, 5.74) is 0.798. The first-order valence-corrected chi connectivity index (χ1v) is 5.92. The second-order valence-corrected chi connectivity index (χ2v) is 3.84. The molecule has 1 aliphatic rings. The molecular weight excluding hydrogens is 244 g/mol. The Hall–Kier alpha value is -0.570. The number of unbranched alkanes of at least 4 members (excludes halogenated alkanes) is 3. The van der Waals surface area contributed by atoms with Crippen LogP contribution in [0.15, 0.2) is 22.4 Å². The Morgan fingerprint density at radius 3 is 2.79 bits per heavy atom. The Balaban J connectivity index is 2.34. The fourth-order valence-corrected chi connectivity index (χ4v) is 1.63. The predicted octanol–water partition coefficient (Wildman–Crippen LogP) is 3.68. The molecule has 0 saturated carbocycles. The van der Waals surface area contributed by atoms with Crippen LogP contribution in [0.1, 0.15) is 39.0 Å². The zero-order valence-electron chi connectivity index (χ0n) is 8.38. The first-order chi connectivity index (χ1) is 6.77. The van der Waals surface area contributed by atoms with Gasteiger partial charge in [-0.15, -0.1) is 0 Å². The van der Waals surface area contributed by atoms with Crippen molar-refractivity contribution in [1.29, 1.82) is 0 Å². The van der Waals surface area contributed by atoms with E-state index in [0.717, 1.165) is 18.4 Å². The molecule has 0 aliphatic carbocycles. The van der Waals surface area contributed by atoms with E-state index in [4.69, 9.17) is 4.74 Å². The van der Waals surface area contributed by atoms with Crippen molar-refractivity contribution in [2.45, 2.75) is 39.0 Å². The Labute approximate surface area is 93.1 Å². The maximum atomic E-state index is 11.3. The van der Waals surface area contributed by atoms with Crippen molar-refractivity contribution in [2.75, 3.05) is 0 Å². The zero-order valence-corrected chi connectivity index (χ0v) is 9.97. The topological polar surface area (TPSA) is 26.3 Å². The molecule has 0 unspecified atom stereocenters. The van der Waals surface area contributed by atoms with Gasteiger partial charge >= 0.3 is 5.97 Å². The second-order valence-electron chi connectivity index (χ2n) is 3.38. The highest BCUT2D eigenvalue weighted by Gasteiger charge is 2.19. The number of hydrogen-bond donors (Lipinski definition) is 0. The van der Waals surface area contributed by atoms with Crippen LogP contribution in [0.4, 0.5) is 0 Å². The fraction of sp³-hybridized carbons (Fsp3) is 0.545. The van der Waals surface area contributed by atoms with Crippen LogP contribution in [0.2, 0.25) is 0 Å². The normalized spacial score (nSPS) is 18.6. The highest BCUT2D eigenvalue weighted by molar-refractivity contribution is 9.11. The molecule has 0 aromatic heterocycles. The number of esters is 1. The summed E-state index contributed by atoms with van der Waals surface area (Å²) >= 11 is 3.14. The second kappa shape index (κ2) is 6.02. The summed E-state index contributed by atoms with van der Waals surface area (Å²) in [5.74, 6) is 0.424. The van der Waals surface area contributed by atoms with E-state index in [1.165, 1.54) is 19.3 Å². The average Bonchev–Trinajstić information content (AvgIpc) is 2.54. The minimum Gasteiger partial charge on any atom is -0.423 e. The third-order valence-corrected chi connectivity index (χ3v) is 2.65. The molecule has 0 spiro atoms. The lowest BCUT2D eigenvalue weighted by Crippen LogP contribution is -1.98. The molecule has 0 amide bonds. The van der Waals surface area contributed by atoms with E-state index in [0.29, 0.717) is 5.76 Å². The molecule has 0 saturated heterocycles. The SMILES string of the molecule is CCCCCCC1=CC(=CBr)OC1=O. The van der Waals surface area contributed by atoms with Crippen molar-refractivity contribution in [2.24, 2.45) is 0 Å². The summed E-state index contributed by atoms with van der Waals surface area (Å²) in [4.78, 5) is 12.9. The molecule has 14 heavy (non-hydrogen) atoms. The van der Waals surface area contributed by atoms with Crippen molar-refractivity contribution in [3.05, 3.63) is 22.4 Å². The molecule has 0 radical (unpaired) electrons. The number of carbonyl (C=O) groups excluding carboxylic acids is 1. The van der Waals surface area contributed by atoms with Crippen LogP contribution in [-0.2, 0) is 9.53 Å². The molecule has 0 bridgehead atoms. The van der Waals surface area contributed by atoms with E-state index in [9.17, 15) is 4.79 Å². The van der Waals surface area contributed by atoms with Gasteiger partial charge in [0, 0.05) is 10.6 Å². The summed E-state index contributed by atoms with van der Waals surface area (Å²) in [7, 11) is 0. The summed E-state index contributed by atoms with van der Waals surface area (Å²) in [6.07, 6.45) is 7.37. The smallest absolute Gasteiger partial charge is 0.339 e. The third kappa shape index (κ3) is 3.29. The molecule has 0 aromatic rings. The van der Waals surface area contributed by atoms with Gasteiger partial charge in [-0.05, 0) is 18.9 Å². The highest BCUT2D eigenvalue weighted by Crippen LogP contribution is 2.22. The van der Waals surface area contributed by atoms with E-state index >= 15 is 0 Å². The van der Waals surface area contributed by atoms with E-state index in [1.807, 2.05) is 6.08 Å². The fourth-order valence-electron chi connectivity index (χ4n) is 1.40. The van der Waals surface area contributed by atoms with Crippen molar-refractivity contribution < 1.29 is 9.53 Å². The summed E-state index contributed by atoms with van der Waals surface area (Å²) in [5, 5.41) is 0. The molecular formula is C11H15BrO2. The van der Waals surface area contributed by atoms with Crippen LogP contribution in [0.5, 0.6) is 0 Å². The predicted molar refractivity (Wildman–Crippen MR) is 59.9 cm³/mol. The summed E-state index contributed by atoms with van der Waals surface area (Å²) in [6.45, 7) is 2.18. The van der Waals surface area contributed by atoms with Gasteiger partial charge in [0.05, 0.1) is 0 Å². The monoisotopic (exact) mass is 258 g/mol. The summed E-state index contributed by atoms with van der Waals surface area (Å²) in [6, 6.07) is 0. The molecule has 78 valence electrons. The number of cyclic esters (lactones) is 1. The molecule has 1 rings (SSSR count). The first kappa shape index (κ1) is 11.5. The Bertz CT molecular complexity index is 266. The van der Waals surface area contributed by atoms with Gasteiger partial charge in [-0.1, -0.05) is 42.1 Å². The molecule has 0 fully saturated rings. The minimum absolute atomic E-state index is 0.188. The van der Waals surface area contributed by atoms with Crippen LogP contribution >= 0.6 is 15.9 Å². The molecule has 2 nitrogen and oxygen atoms in total. The van der Waals surface area contributed by atoms with Crippen LogP contribution in [0, 0.1) is 0 Å². The van der Waals surface area contributed by atoms with Crippen molar-refractivity contribution >= 4 is 21.9 Å². The molecule has 0 N–H and O–H groups in total. The maximum absolute atomic E-state index is 11.3. The largest absolute Gasteiger partial charge is 0.423 e. The van der Waals surface area contributed by atoms with Crippen molar-refractivity contribution in [1.82, 2.24) is 0 Å². The lowest BCUT2D eigenvalue weighted by Gasteiger charge is -1.98. The highest BCUT2D eigenvalue weighted by atomic mass is 79.9.